The van der Waals surface area contributed by atoms with E-state index in [1.165, 1.54) is 14.0 Å². The summed E-state index contributed by atoms with van der Waals surface area (Å²) in [4.78, 5) is 41.5. The van der Waals surface area contributed by atoms with Gasteiger partial charge in [0.05, 0.1) is 24.1 Å². The molecule has 34 heavy (non-hydrogen) atoms. The van der Waals surface area contributed by atoms with Crippen LogP contribution in [-0.4, -0.2) is 52.2 Å². The van der Waals surface area contributed by atoms with E-state index in [0.29, 0.717) is 35.9 Å². The number of nitrogen functional groups attached to an aromatic ring is 1. The first-order valence-corrected chi connectivity index (χ1v) is 11.0. The van der Waals surface area contributed by atoms with E-state index in [9.17, 15) is 9.59 Å². The number of carbonyl (C=O) groups is 2. The van der Waals surface area contributed by atoms with Gasteiger partial charge < -0.3 is 21.1 Å². The van der Waals surface area contributed by atoms with E-state index in [1.807, 2.05) is 6.92 Å². The van der Waals surface area contributed by atoms with Crippen LogP contribution in [0.15, 0.2) is 29.5 Å². The summed E-state index contributed by atoms with van der Waals surface area (Å²) < 4.78 is 4.62. The van der Waals surface area contributed by atoms with Gasteiger partial charge >= 0.3 is 6.09 Å². The molecule has 0 radical (unpaired) electrons. The lowest BCUT2D eigenvalue weighted by Gasteiger charge is -2.18. The summed E-state index contributed by atoms with van der Waals surface area (Å²) in [5, 5.41) is 5.81. The molecule has 3 rings (SSSR count). The first-order valence-electron chi connectivity index (χ1n) is 11.0. The second-order valence-corrected chi connectivity index (χ2v) is 9.21. The van der Waals surface area contributed by atoms with Crippen molar-refractivity contribution in [3.05, 3.63) is 41.3 Å². The Bertz CT molecular complexity index is 1170. The predicted octanol–water partition coefficient (Wildman–Crippen LogP) is 3.57. The molecule has 180 valence electrons. The average Bonchev–Trinajstić information content (AvgIpc) is 3.24. The maximum absolute atomic E-state index is 12.0. The molecule has 3 heterocycles. The number of amides is 1. The first kappa shape index (κ1) is 24.8. The molecule has 10 nitrogen and oxygen atoms in total. The molecule has 0 aliphatic carbocycles. The maximum atomic E-state index is 12.0. The number of carbonyl (C=O) groups excluding carboxylic acids is 2. The molecule has 0 saturated carbocycles. The molecule has 1 atom stereocenters. The van der Waals surface area contributed by atoms with Gasteiger partial charge in [-0.25, -0.2) is 19.7 Å². The summed E-state index contributed by atoms with van der Waals surface area (Å²) in [6.45, 7) is 10.0. The van der Waals surface area contributed by atoms with Gasteiger partial charge in [0.25, 0.3) is 0 Å². The minimum atomic E-state index is -0.504. The van der Waals surface area contributed by atoms with Gasteiger partial charge in [-0.3, -0.25) is 9.79 Å². The normalized spacial score (nSPS) is 14.5. The zero-order valence-electron chi connectivity index (χ0n) is 20.4. The van der Waals surface area contributed by atoms with Crippen molar-refractivity contribution in [3.63, 3.8) is 0 Å². The fourth-order valence-electron chi connectivity index (χ4n) is 3.43. The van der Waals surface area contributed by atoms with Crippen LogP contribution < -0.4 is 16.4 Å². The zero-order chi connectivity index (χ0) is 25.0. The second kappa shape index (κ2) is 9.98. The number of ether oxygens (including phenoxy) is 1. The minimum Gasteiger partial charge on any atom is -0.453 e. The van der Waals surface area contributed by atoms with Crippen LogP contribution in [0.25, 0.3) is 11.3 Å². The number of anilines is 2. The Morgan fingerprint density at radius 3 is 2.65 bits per heavy atom. The van der Waals surface area contributed by atoms with Crippen molar-refractivity contribution in [2.45, 2.75) is 47.1 Å². The molecule has 2 aromatic rings. The molecule has 1 amide bonds. The van der Waals surface area contributed by atoms with Crippen LogP contribution in [0.1, 0.15) is 62.7 Å². The van der Waals surface area contributed by atoms with Crippen molar-refractivity contribution in [1.82, 2.24) is 20.3 Å². The maximum Gasteiger partial charge on any atom is 0.407 e. The van der Waals surface area contributed by atoms with Crippen LogP contribution in [0, 0.1) is 5.41 Å². The zero-order valence-corrected chi connectivity index (χ0v) is 20.4. The quantitative estimate of drug-likeness (QED) is 0.526. The van der Waals surface area contributed by atoms with Crippen LogP contribution in [0.2, 0.25) is 0 Å². The summed E-state index contributed by atoms with van der Waals surface area (Å²) in [7, 11) is 1.32. The number of rotatable bonds is 7. The number of alkyl carbamates (subject to hydrolysis) is 1. The van der Waals surface area contributed by atoms with Crippen molar-refractivity contribution >= 4 is 40.6 Å². The lowest BCUT2D eigenvalue weighted by molar-refractivity contribution is 0.101. The van der Waals surface area contributed by atoms with Crippen molar-refractivity contribution in [1.29, 1.82) is 0 Å². The molecular formula is C24H31N7O3. The Kier molecular flexibility index (Phi) is 7.29. The number of hydrogen-bond donors (Lipinski definition) is 3. The van der Waals surface area contributed by atoms with Crippen LogP contribution >= 0.6 is 0 Å². The van der Waals surface area contributed by atoms with Gasteiger partial charge in [0.2, 0.25) is 5.95 Å². The molecule has 0 aromatic carbocycles. The predicted molar refractivity (Wildman–Crippen MR) is 132 cm³/mol. The molecule has 4 N–H and O–H groups in total. The summed E-state index contributed by atoms with van der Waals surface area (Å²) >= 11 is 0. The molecule has 1 aliphatic rings. The molecule has 0 bridgehead atoms. The number of ketones is 1. The smallest absolute Gasteiger partial charge is 0.407 e. The van der Waals surface area contributed by atoms with E-state index >= 15 is 0 Å². The van der Waals surface area contributed by atoms with Crippen molar-refractivity contribution in [2.75, 3.05) is 24.7 Å². The van der Waals surface area contributed by atoms with E-state index in [0.717, 1.165) is 16.8 Å². The highest BCUT2D eigenvalue weighted by molar-refractivity contribution is 6.12. The van der Waals surface area contributed by atoms with Gasteiger partial charge in [-0.2, -0.15) is 0 Å². The molecule has 0 spiro atoms. The van der Waals surface area contributed by atoms with Crippen LogP contribution in [0.5, 0.6) is 0 Å². The third kappa shape index (κ3) is 5.75. The fraction of sp³-hybridized carbons (Fsp3) is 0.417. The number of allylic oxidation sites excluding steroid dienone is 1. The Balaban J connectivity index is 1.97. The Morgan fingerprint density at radius 2 is 2.00 bits per heavy atom. The third-order valence-corrected chi connectivity index (χ3v) is 5.40. The average molecular weight is 466 g/mol. The highest BCUT2D eigenvalue weighted by Crippen LogP contribution is 2.39. The first-order chi connectivity index (χ1) is 16.0. The topological polar surface area (TPSA) is 144 Å². The molecular weight excluding hydrogens is 434 g/mol. The lowest BCUT2D eigenvalue weighted by Crippen LogP contribution is -2.37. The number of methoxy groups -OCH3 is 1. The third-order valence-electron chi connectivity index (χ3n) is 5.40. The highest BCUT2D eigenvalue weighted by atomic mass is 16.5. The van der Waals surface area contributed by atoms with Crippen LogP contribution in [0.4, 0.5) is 16.6 Å². The van der Waals surface area contributed by atoms with Crippen molar-refractivity contribution < 1.29 is 14.3 Å². The molecule has 2 aromatic heterocycles. The standard InChI is InChI=1S/C24H31N7O3/c1-13(29-23(33)34-6)11-28-22-26-8-7-18(30-22)20-17(10-19(31-20)24(3,4)5)15-9-16(14(2)32)21(25)27-12-15/h7-9,12-13H,10-11H2,1-6H3,(H2,25,27)(H,29,33)(H,26,28,30)/t13-/m0/s1. The number of aliphatic imine (C=N–C) groups is 1. The minimum absolute atomic E-state index is 0.146. The Hall–Kier alpha value is -3.82. The lowest BCUT2D eigenvalue weighted by atomic mass is 9.86. The van der Waals surface area contributed by atoms with E-state index in [4.69, 9.17) is 10.7 Å². The number of pyridine rings is 1. The van der Waals surface area contributed by atoms with Crippen LogP contribution in [-0.2, 0) is 4.74 Å². The number of nitrogens with zero attached hydrogens (tertiary/aromatic N) is 4. The highest BCUT2D eigenvalue weighted by Gasteiger charge is 2.29. The number of nitrogens with two attached hydrogens (primary N) is 1. The molecule has 0 unspecified atom stereocenters. The molecule has 0 fully saturated rings. The van der Waals surface area contributed by atoms with Gasteiger partial charge in [0, 0.05) is 42.5 Å². The van der Waals surface area contributed by atoms with Crippen molar-refractivity contribution in [3.8, 4) is 0 Å². The monoisotopic (exact) mass is 465 g/mol. The summed E-state index contributed by atoms with van der Waals surface area (Å²) in [5.41, 5.74) is 10.2. The molecule has 0 saturated heterocycles. The SMILES string of the molecule is COC(=O)N[C@@H](C)CNc1nccc(C2=C(c3cnc(N)c(C(C)=O)c3)CC(C(C)(C)C)=N2)n1. The van der Waals surface area contributed by atoms with Gasteiger partial charge in [-0.15, -0.1) is 0 Å². The Morgan fingerprint density at radius 1 is 1.26 bits per heavy atom. The van der Waals surface area contributed by atoms with E-state index < -0.39 is 6.09 Å². The molecule has 10 heteroatoms. The van der Waals surface area contributed by atoms with E-state index in [-0.39, 0.29) is 23.1 Å². The summed E-state index contributed by atoms with van der Waals surface area (Å²) in [5.74, 6) is 0.464. The van der Waals surface area contributed by atoms with Crippen molar-refractivity contribution in [2.24, 2.45) is 10.4 Å². The fourth-order valence-corrected chi connectivity index (χ4v) is 3.43. The second-order valence-electron chi connectivity index (χ2n) is 9.21. The van der Waals surface area contributed by atoms with Gasteiger partial charge in [-0.1, -0.05) is 20.8 Å². The van der Waals surface area contributed by atoms with Gasteiger partial charge in [0.15, 0.2) is 5.78 Å². The summed E-state index contributed by atoms with van der Waals surface area (Å²) in [6.07, 6.45) is 3.42. The van der Waals surface area contributed by atoms with E-state index in [1.54, 1.807) is 24.5 Å². The number of hydrogen-bond acceptors (Lipinski definition) is 9. The van der Waals surface area contributed by atoms with Gasteiger partial charge in [0.1, 0.15) is 5.82 Å². The number of Topliss-reactive ketones (excluding diaryl/α,β-unsaturated/α-hetero) is 1. The van der Waals surface area contributed by atoms with Crippen LogP contribution in [0.3, 0.4) is 0 Å². The largest absolute Gasteiger partial charge is 0.453 e. The van der Waals surface area contributed by atoms with Gasteiger partial charge in [-0.05, 0) is 37.1 Å². The summed E-state index contributed by atoms with van der Waals surface area (Å²) in [6, 6.07) is 3.36. The number of nitrogens with one attached hydrogen (secondary N) is 2. The van der Waals surface area contributed by atoms with E-state index in [2.05, 4.69) is 51.1 Å². The Labute approximate surface area is 199 Å². The molecule has 1 aliphatic heterocycles. The number of aromatic nitrogens is 3.